The van der Waals surface area contributed by atoms with E-state index in [4.69, 9.17) is 4.18 Å². The molecule has 0 aromatic heterocycles. The van der Waals surface area contributed by atoms with Crippen molar-refractivity contribution in [3.05, 3.63) is 82.3 Å². The molecule has 0 fully saturated rings. The molecule has 2 heterocycles. The first-order chi connectivity index (χ1) is 11.4. The Balaban J connectivity index is 2.03. The SMILES string of the molecule is O=S1(=O)Cc2ccccc2C2=C1C=C(c1ccccc1)S(=O)(=O)O2. The molecule has 0 unspecified atom stereocenters. The van der Waals surface area contributed by atoms with Crippen LogP contribution in [0.3, 0.4) is 0 Å². The molecular formula is C17H12O5S2. The Morgan fingerprint density at radius 3 is 2.25 bits per heavy atom. The van der Waals surface area contributed by atoms with Gasteiger partial charge in [0.05, 0.1) is 5.75 Å². The third kappa shape index (κ3) is 2.28. The number of sulfone groups is 1. The first-order valence-corrected chi connectivity index (χ1v) is 10.2. The van der Waals surface area contributed by atoms with Gasteiger partial charge in [-0.1, -0.05) is 54.6 Å². The lowest BCUT2D eigenvalue weighted by Gasteiger charge is -2.26. The van der Waals surface area contributed by atoms with E-state index in [-0.39, 0.29) is 21.3 Å². The van der Waals surface area contributed by atoms with E-state index in [0.29, 0.717) is 16.7 Å². The minimum Gasteiger partial charge on any atom is -0.377 e. The maximum atomic E-state index is 12.6. The Hall–Kier alpha value is -2.38. The van der Waals surface area contributed by atoms with E-state index in [9.17, 15) is 16.8 Å². The molecule has 0 saturated carbocycles. The molecule has 7 heteroatoms. The Kier molecular flexibility index (Phi) is 3.20. The highest BCUT2D eigenvalue weighted by molar-refractivity contribution is 7.98. The van der Waals surface area contributed by atoms with Gasteiger partial charge in [-0.25, -0.2) is 8.42 Å². The number of hydrogen-bond donors (Lipinski definition) is 0. The zero-order chi connectivity index (χ0) is 16.9. The van der Waals surface area contributed by atoms with Gasteiger partial charge >= 0.3 is 10.1 Å². The molecule has 0 aliphatic carbocycles. The largest absolute Gasteiger partial charge is 0.377 e. The van der Waals surface area contributed by atoms with Gasteiger partial charge in [0, 0.05) is 5.56 Å². The summed E-state index contributed by atoms with van der Waals surface area (Å²) in [5.41, 5.74) is 1.41. The fraction of sp³-hybridized carbons (Fsp3) is 0.0588. The summed E-state index contributed by atoms with van der Waals surface area (Å²) >= 11 is 0. The number of allylic oxidation sites excluding steroid dienone is 1. The fourth-order valence-electron chi connectivity index (χ4n) is 2.84. The van der Waals surface area contributed by atoms with Crippen molar-refractivity contribution < 1.29 is 21.0 Å². The summed E-state index contributed by atoms with van der Waals surface area (Å²) in [7, 11) is -7.78. The molecule has 2 aliphatic rings. The van der Waals surface area contributed by atoms with Crippen molar-refractivity contribution in [2.75, 3.05) is 0 Å². The van der Waals surface area contributed by atoms with Crippen LogP contribution < -0.4 is 0 Å². The van der Waals surface area contributed by atoms with Crippen LogP contribution in [0.1, 0.15) is 16.7 Å². The second-order valence-electron chi connectivity index (χ2n) is 5.52. The summed E-state index contributed by atoms with van der Waals surface area (Å²) < 4.78 is 55.5. The molecule has 0 N–H and O–H groups in total. The van der Waals surface area contributed by atoms with Crippen molar-refractivity contribution in [2.24, 2.45) is 0 Å². The van der Waals surface area contributed by atoms with Crippen molar-refractivity contribution in [1.82, 2.24) is 0 Å². The summed E-state index contributed by atoms with van der Waals surface area (Å²) in [6.07, 6.45) is 1.20. The van der Waals surface area contributed by atoms with Crippen LogP contribution in [-0.4, -0.2) is 16.8 Å². The van der Waals surface area contributed by atoms with E-state index in [0.717, 1.165) is 0 Å². The van der Waals surface area contributed by atoms with Crippen LogP contribution >= 0.6 is 0 Å². The summed E-state index contributed by atoms with van der Waals surface area (Å²) in [5.74, 6) is -0.291. The topological polar surface area (TPSA) is 77.5 Å². The minimum atomic E-state index is -4.10. The first-order valence-electron chi connectivity index (χ1n) is 7.15. The number of rotatable bonds is 1. The number of hydrogen-bond acceptors (Lipinski definition) is 5. The Morgan fingerprint density at radius 1 is 0.833 bits per heavy atom. The van der Waals surface area contributed by atoms with Gasteiger partial charge in [0.15, 0.2) is 15.6 Å². The highest BCUT2D eigenvalue weighted by Crippen LogP contribution is 2.42. The third-order valence-electron chi connectivity index (χ3n) is 3.95. The molecule has 0 radical (unpaired) electrons. The fourth-order valence-corrected chi connectivity index (χ4v) is 5.69. The molecular weight excluding hydrogens is 348 g/mol. The lowest BCUT2D eigenvalue weighted by atomic mass is 10.1. The molecule has 24 heavy (non-hydrogen) atoms. The van der Waals surface area contributed by atoms with E-state index in [1.807, 2.05) is 0 Å². The zero-order valence-electron chi connectivity index (χ0n) is 12.3. The maximum absolute atomic E-state index is 12.6. The number of fused-ring (bicyclic) bond motifs is 2. The smallest absolute Gasteiger partial charge is 0.339 e. The average molecular weight is 360 g/mol. The van der Waals surface area contributed by atoms with Crippen LogP contribution in [0.5, 0.6) is 0 Å². The Labute approximate surface area is 139 Å². The van der Waals surface area contributed by atoms with Crippen molar-refractivity contribution in [3.8, 4) is 0 Å². The molecule has 5 nitrogen and oxygen atoms in total. The summed E-state index contributed by atoms with van der Waals surface area (Å²) in [4.78, 5) is -0.236. The molecule has 0 amide bonds. The molecule has 2 aliphatic heterocycles. The van der Waals surface area contributed by atoms with Gasteiger partial charge in [0.1, 0.15) is 9.81 Å². The quantitative estimate of drug-likeness (QED) is 0.731. The summed E-state index contributed by atoms with van der Waals surface area (Å²) in [6.45, 7) is 0. The Bertz CT molecular complexity index is 1110. The van der Waals surface area contributed by atoms with E-state index < -0.39 is 20.0 Å². The molecule has 2 aromatic carbocycles. The zero-order valence-corrected chi connectivity index (χ0v) is 14.0. The summed E-state index contributed by atoms with van der Waals surface area (Å²) in [5, 5.41) is 0. The Morgan fingerprint density at radius 2 is 1.50 bits per heavy atom. The van der Waals surface area contributed by atoms with Crippen molar-refractivity contribution in [3.63, 3.8) is 0 Å². The second-order valence-corrected chi connectivity index (χ2v) is 8.99. The molecule has 0 spiro atoms. The molecule has 0 saturated heterocycles. The molecule has 4 rings (SSSR count). The third-order valence-corrected chi connectivity index (χ3v) is 6.89. The van der Waals surface area contributed by atoms with Gasteiger partial charge in [0.25, 0.3) is 0 Å². The minimum absolute atomic E-state index is 0.0881. The highest BCUT2D eigenvalue weighted by Gasteiger charge is 2.39. The molecule has 2 aromatic rings. The van der Waals surface area contributed by atoms with Gasteiger partial charge < -0.3 is 4.18 Å². The van der Waals surface area contributed by atoms with Crippen LogP contribution in [0.2, 0.25) is 0 Å². The lowest BCUT2D eigenvalue weighted by molar-refractivity contribution is 0.472. The van der Waals surface area contributed by atoms with E-state index >= 15 is 0 Å². The van der Waals surface area contributed by atoms with Crippen LogP contribution in [0.25, 0.3) is 10.7 Å². The second kappa shape index (κ2) is 5.06. The predicted molar refractivity (Wildman–Crippen MR) is 90.4 cm³/mol. The normalized spacial score (nSPS) is 20.4. The van der Waals surface area contributed by atoms with E-state index in [2.05, 4.69) is 0 Å². The van der Waals surface area contributed by atoms with Crippen LogP contribution in [0.4, 0.5) is 0 Å². The standard InChI is InChI=1S/C17H12O5S2/c18-23(19)11-13-8-4-5-9-14(13)17-16(23)10-15(24(20,21)22-17)12-6-2-1-3-7-12/h1-10H,11H2. The van der Waals surface area contributed by atoms with Gasteiger partial charge in [0.2, 0.25) is 0 Å². The predicted octanol–water partition coefficient (Wildman–Crippen LogP) is 2.68. The van der Waals surface area contributed by atoms with Crippen LogP contribution in [0, 0.1) is 0 Å². The van der Waals surface area contributed by atoms with Crippen molar-refractivity contribution in [2.45, 2.75) is 5.75 Å². The monoisotopic (exact) mass is 360 g/mol. The molecule has 0 atom stereocenters. The maximum Gasteiger partial charge on any atom is 0.339 e. The van der Waals surface area contributed by atoms with E-state index in [1.165, 1.54) is 6.08 Å². The number of benzene rings is 2. The molecule has 122 valence electrons. The first kappa shape index (κ1) is 15.2. The van der Waals surface area contributed by atoms with Crippen LogP contribution in [0.15, 0.2) is 65.6 Å². The van der Waals surface area contributed by atoms with Crippen molar-refractivity contribution >= 4 is 30.6 Å². The highest BCUT2D eigenvalue weighted by atomic mass is 32.2. The van der Waals surface area contributed by atoms with Gasteiger partial charge in [-0.15, -0.1) is 0 Å². The summed E-state index contributed by atoms with van der Waals surface area (Å²) in [6, 6.07) is 15.1. The average Bonchev–Trinajstić information content (AvgIpc) is 2.54. The van der Waals surface area contributed by atoms with Crippen LogP contribution in [-0.2, 0) is 29.9 Å². The molecule has 0 bridgehead atoms. The lowest BCUT2D eigenvalue weighted by Crippen LogP contribution is -2.22. The van der Waals surface area contributed by atoms with Gasteiger partial charge in [-0.3, -0.25) is 0 Å². The van der Waals surface area contributed by atoms with E-state index in [1.54, 1.807) is 54.6 Å². The van der Waals surface area contributed by atoms with Crippen molar-refractivity contribution in [1.29, 1.82) is 0 Å². The van der Waals surface area contributed by atoms with Gasteiger partial charge in [-0.05, 0) is 17.2 Å². The van der Waals surface area contributed by atoms with Gasteiger partial charge in [-0.2, -0.15) is 8.42 Å².